The molecule has 3 N–H and O–H groups in total. The fraction of sp³-hybridized carbons (Fsp3) is 0.714. The van der Waals surface area contributed by atoms with E-state index in [0.717, 1.165) is 63.7 Å². The molecule has 5 atom stereocenters. The second-order valence-electron chi connectivity index (χ2n) is 14.1. The SMILES string of the molecule is CC/C=C\CC1OC1C/C=C\C/C=C\C/C=C\C/C=C\CCC(=O)O[C@H](COC(=O)CCCCCCCCCCC(C)C)COP(=O)(O)OC[C@@H](O)CO. The van der Waals surface area contributed by atoms with E-state index in [1.54, 1.807) is 0 Å². The maximum Gasteiger partial charge on any atom is 0.472 e. The highest BCUT2D eigenvalue weighted by Gasteiger charge is 2.36. The monoisotopic (exact) mass is 782 g/mol. The second-order valence-corrected chi connectivity index (χ2v) is 15.6. The Morgan fingerprint density at radius 1 is 0.704 bits per heavy atom. The van der Waals surface area contributed by atoms with Gasteiger partial charge < -0.3 is 29.3 Å². The molecule has 0 bridgehead atoms. The van der Waals surface area contributed by atoms with Gasteiger partial charge in [0.1, 0.15) is 12.7 Å². The van der Waals surface area contributed by atoms with Crippen LogP contribution in [-0.2, 0) is 37.4 Å². The van der Waals surface area contributed by atoms with Gasteiger partial charge in [-0.2, -0.15) is 0 Å². The number of hydrogen-bond donors (Lipinski definition) is 3. The number of esters is 2. The van der Waals surface area contributed by atoms with E-state index in [2.05, 4.69) is 73.9 Å². The van der Waals surface area contributed by atoms with Crippen molar-refractivity contribution in [3.63, 3.8) is 0 Å². The van der Waals surface area contributed by atoms with Crippen LogP contribution in [0.1, 0.15) is 136 Å². The first-order valence-corrected chi connectivity index (χ1v) is 21.7. The fourth-order valence-electron chi connectivity index (χ4n) is 5.30. The van der Waals surface area contributed by atoms with Crippen LogP contribution in [0.5, 0.6) is 0 Å². The van der Waals surface area contributed by atoms with Crippen molar-refractivity contribution in [1.82, 2.24) is 0 Å². The van der Waals surface area contributed by atoms with Gasteiger partial charge in [-0.1, -0.05) is 133 Å². The molecular weight excluding hydrogens is 711 g/mol. The number of epoxide rings is 1. The second kappa shape index (κ2) is 32.8. The predicted octanol–water partition coefficient (Wildman–Crippen LogP) is 9.17. The highest BCUT2D eigenvalue weighted by atomic mass is 31.2. The average Bonchev–Trinajstić information content (AvgIpc) is 3.90. The van der Waals surface area contributed by atoms with Crippen LogP contribution in [0, 0.1) is 5.92 Å². The highest BCUT2D eigenvalue weighted by molar-refractivity contribution is 7.47. The summed E-state index contributed by atoms with van der Waals surface area (Å²) in [7, 11) is -4.64. The van der Waals surface area contributed by atoms with E-state index in [9.17, 15) is 24.2 Å². The third-order valence-corrected chi connectivity index (χ3v) is 9.48. The van der Waals surface area contributed by atoms with Gasteiger partial charge >= 0.3 is 19.8 Å². The first-order valence-electron chi connectivity index (χ1n) is 20.2. The molecule has 12 heteroatoms. The summed E-state index contributed by atoms with van der Waals surface area (Å²) in [4.78, 5) is 34.8. The third-order valence-electron chi connectivity index (χ3n) is 8.53. The van der Waals surface area contributed by atoms with Gasteiger partial charge in [0.2, 0.25) is 0 Å². The van der Waals surface area contributed by atoms with Gasteiger partial charge in [0, 0.05) is 12.8 Å². The number of carbonyl (C=O) groups is 2. The summed E-state index contributed by atoms with van der Waals surface area (Å²) in [5.41, 5.74) is 0. The summed E-state index contributed by atoms with van der Waals surface area (Å²) in [6.45, 7) is 4.42. The molecule has 1 rings (SSSR count). The predicted molar refractivity (Wildman–Crippen MR) is 214 cm³/mol. The zero-order valence-electron chi connectivity index (χ0n) is 33.3. The third kappa shape index (κ3) is 30.9. The van der Waals surface area contributed by atoms with Gasteiger partial charge in [-0.25, -0.2) is 4.57 Å². The van der Waals surface area contributed by atoms with Gasteiger partial charge in [0.25, 0.3) is 0 Å². The van der Waals surface area contributed by atoms with E-state index in [1.807, 2.05) is 12.2 Å². The first-order chi connectivity index (χ1) is 26.1. The molecule has 54 heavy (non-hydrogen) atoms. The van der Waals surface area contributed by atoms with Crippen molar-refractivity contribution in [2.75, 3.05) is 26.4 Å². The van der Waals surface area contributed by atoms with Crippen molar-refractivity contribution in [2.45, 2.75) is 161 Å². The standard InChI is InChI=1S/C42H71O11P/c1-4-5-22-28-39-40(53-39)29-24-19-15-10-8-6-7-9-11-17-21-26-31-42(46)52-38(35-51-54(47,48)50-33-37(44)32-43)34-49-41(45)30-25-20-16-13-12-14-18-23-27-36(2)3/h5,7-10,17,19,21-22,24,36-40,43-44H,4,6,11-16,18,20,23,25-35H2,1-3H3,(H,47,48)/b9-7-,10-8-,21-17-,22-5-,24-19-/t37-,38+,39?,40?/m0/s1. The minimum Gasteiger partial charge on any atom is -0.462 e. The van der Waals surface area contributed by atoms with E-state index in [4.69, 9.17) is 23.8 Å². The molecule has 11 nitrogen and oxygen atoms in total. The molecule has 0 aromatic carbocycles. The molecule has 0 radical (unpaired) electrons. The van der Waals surface area contributed by atoms with Crippen LogP contribution in [0.3, 0.4) is 0 Å². The van der Waals surface area contributed by atoms with Crippen LogP contribution in [-0.4, -0.2) is 77.9 Å². The summed E-state index contributed by atoms with van der Waals surface area (Å²) < 4.78 is 38.2. The number of hydrogen-bond acceptors (Lipinski definition) is 10. The van der Waals surface area contributed by atoms with Gasteiger partial charge in [0.15, 0.2) is 6.10 Å². The number of rotatable bonds is 35. The fourth-order valence-corrected chi connectivity index (χ4v) is 6.09. The number of ether oxygens (including phenoxy) is 3. The van der Waals surface area contributed by atoms with E-state index in [1.165, 1.54) is 32.1 Å². The molecule has 3 unspecified atom stereocenters. The molecule has 1 aliphatic heterocycles. The first kappa shape index (κ1) is 49.6. The highest BCUT2D eigenvalue weighted by Crippen LogP contribution is 2.43. The van der Waals surface area contributed by atoms with Crippen molar-refractivity contribution in [3.05, 3.63) is 60.8 Å². The van der Waals surface area contributed by atoms with Crippen LogP contribution >= 0.6 is 7.82 Å². The van der Waals surface area contributed by atoms with Crippen LogP contribution in [0.25, 0.3) is 0 Å². The quantitative estimate of drug-likeness (QED) is 0.0185. The lowest BCUT2D eigenvalue weighted by atomic mass is 10.0. The van der Waals surface area contributed by atoms with Crippen molar-refractivity contribution in [3.8, 4) is 0 Å². The maximum atomic E-state index is 12.6. The van der Waals surface area contributed by atoms with Gasteiger partial charge in [-0.05, 0) is 57.3 Å². The summed E-state index contributed by atoms with van der Waals surface area (Å²) in [6, 6.07) is 0. The number of allylic oxidation sites excluding steroid dienone is 8. The molecule has 310 valence electrons. The maximum absolute atomic E-state index is 12.6. The molecule has 1 fully saturated rings. The van der Waals surface area contributed by atoms with Crippen LogP contribution in [0.2, 0.25) is 0 Å². The van der Waals surface area contributed by atoms with E-state index < -0.39 is 51.8 Å². The van der Waals surface area contributed by atoms with Gasteiger partial charge in [-0.15, -0.1) is 0 Å². The van der Waals surface area contributed by atoms with Crippen molar-refractivity contribution < 1.29 is 52.5 Å². The number of phosphoric ester groups is 1. The minimum atomic E-state index is -4.64. The Morgan fingerprint density at radius 3 is 1.83 bits per heavy atom. The molecule has 0 aromatic heterocycles. The van der Waals surface area contributed by atoms with E-state index >= 15 is 0 Å². The van der Waals surface area contributed by atoms with Gasteiger partial charge in [-0.3, -0.25) is 18.6 Å². The average molecular weight is 783 g/mol. The lowest BCUT2D eigenvalue weighted by Crippen LogP contribution is -2.29. The number of phosphoric acid groups is 1. The number of aliphatic hydroxyl groups excluding tert-OH is 2. The molecule has 0 spiro atoms. The number of unbranched alkanes of at least 4 members (excludes halogenated alkanes) is 7. The van der Waals surface area contributed by atoms with Crippen molar-refractivity contribution in [2.24, 2.45) is 5.92 Å². The van der Waals surface area contributed by atoms with Gasteiger partial charge in [0.05, 0.1) is 32.0 Å². The molecule has 0 aromatic rings. The van der Waals surface area contributed by atoms with Crippen LogP contribution in [0.4, 0.5) is 0 Å². The number of carbonyl (C=O) groups excluding carboxylic acids is 2. The lowest BCUT2D eigenvalue weighted by molar-refractivity contribution is -0.161. The molecule has 1 heterocycles. The minimum absolute atomic E-state index is 0.0536. The Labute approximate surface area is 325 Å². The zero-order chi connectivity index (χ0) is 39.7. The Bertz CT molecular complexity index is 1160. The lowest BCUT2D eigenvalue weighted by Gasteiger charge is -2.20. The topological polar surface area (TPSA) is 161 Å². The van der Waals surface area contributed by atoms with Crippen LogP contribution < -0.4 is 0 Å². The molecule has 0 amide bonds. The summed E-state index contributed by atoms with van der Waals surface area (Å²) in [5, 5.41) is 18.3. The molecule has 0 aliphatic carbocycles. The molecule has 1 aliphatic rings. The summed E-state index contributed by atoms with van der Waals surface area (Å²) in [5.74, 6) is -0.280. The van der Waals surface area contributed by atoms with Crippen molar-refractivity contribution >= 4 is 19.8 Å². The Kier molecular flexibility index (Phi) is 30.2. The van der Waals surface area contributed by atoms with E-state index in [0.29, 0.717) is 25.0 Å². The molecule has 0 saturated carbocycles. The Balaban J connectivity index is 2.33. The smallest absolute Gasteiger partial charge is 0.462 e. The molecular formula is C42H71O11P. The number of aliphatic hydroxyl groups is 2. The Hall–Kier alpha value is -2.37. The van der Waals surface area contributed by atoms with Crippen molar-refractivity contribution in [1.29, 1.82) is 0 Å². The molecule has 1 saturated heterocycles. The Morgan fingerprint density at radius 2 is 1.24 bits per heavy atom. The zero-order valence-corrected chi connectivity index (χ0v) is 34.2. The van der Waals surface area contributed by atoms with E-state index in [-0.39, 0.29) is 19.4 Å². The summed E-state index contributed by atoms with van der Waals surface area (Å²) >= 11 is 0. The largest absolute Gasteiger partial charge is 0.472 e. The normalized spacial score (nSPS) is 18.4. The van der Waals surface area contributed by atoms with Crippen LogP contribution in [0.15, 0.2) is 60.8 Å². The summed E-state index contributed by atoms with van der Waals surface area (Å²) in [6.07, 6.45) is 35.5.